The number of alkyl halides is 2. The van der Waals surface area contributed by atoms with Crippen LogP contribution in [0.5, 0.6) is 5.75 Å². The largest absolute Gasteiger partial charge is 0.485 e. The average Bonchev–Trinajstić information content (AvgIpc) is 2.56. The van der Waals surface area contributed by atoms with Crippen LogP contribution in [-0.2, 0) is 15.6 Å². The van der Waals surface area contributed by atoms with E-state index in [0.717, 1.165) is 12.8 Å². The summed E-state index contributed by atoms with van der Waals surface area (Å²) in [6.45, 7) is 3.92. The Hall–Kier alpha value is -1.54. The minimum absolute atomic E-state index is 0.0429. The third-order valence-corrected chi connectivity index (χ3v) is 5.82. The van der Waals surface area contributed by atoms with Gasteiger partial charge < -0.3 is 14.7 Å². The first-order valence-electron chi connectivity index (χ1n) is 8.21. The van der Waals surface area contributed by atoms with Gasteiger partial charge in [-0.2, -0.15) is 8.78 Å². The fourth-order valence-electron chi connectivity index (χ4n) is 3.43. The summed E-state index contributed by atoms with van der Waals surface area (Å²) in [5, 5.41) is 10.8. The van der Waals surface area contributed by atoms with Gasteiger partial charge in [0.2, 0.25) is 5.91 Å². The number of amides is 1. The van der Waals surface area contributed by atoms with Crippen LogP contribution < -0.4 is 4.74 Å². The molecule has 3 unspecified atom stereocenters. The zero-order valence-electron chi connectivity index (χ0n) is 14.1. The molecule has 1 saturated heterocycles. The molecule has 5 nitrogen and oxygen atoms in total. The van der Waals surface area contributed by atoms with E-state index >= 15 is 0 Å². The molecule has 0 radical (unpaired) electrons. The molecule has 0 saturated carbocycles. The van der Waals surface area contributed by atoms with Gasteiger partial charge >= 0.3 is 5.76 Å². The number of fused-ring (bicyclic) bond motifs is 1. The number of carbonyl (C=O) groups is 1. The Morgan fingerprint density at radius 2 is 2.08 bits per heavy atom. The Morgan fingerprint density at radius 1 is 1.36 bits per heavy atom. The van der Waals surface area contributed by atoms with Gasteiger partial charge in [-0.1, -0.05) is 0 Å². The number of carbonyl (C=O) groups excluding carboxylic acids is 1. The van der Waals surface area contributed by atoms with Crippen LogP contribution in [0.2, 0.25) is 0 Å². The molecule has 25 heavy (non-hydrogen) atoms. The number of nitrogens with zero attached hydrogens (tertiary/aromatic N) is 1. The summed E-state index contributed by atoms with van der Waals surface area (Å²) in [7, 11) is -2.47. The van der Waals surface area contributed by atoms with Gasteiger partial charge in [-0.15, -0.1) is 0 Å². The van der Waals surface area contributed by atoms with Crippen molar-refractivity contribution in [1.82, 2.24) is 4.90 Å². The maximum absolute atomic E-state index is 12.8. The predicted molar refractivity (Wildman–Crippen MR) is 87.9 cm³/mol. The summed E-state index contributed by atoms with van der Waals surface area (Å²) in [4.78, 5) is 13.9. The Bertz CT molecular complexity index is 710. The van der Waals surface area contributed by atoms with E-state index in [4.69, 9.17) is 4.74 Å². The molecule has 1 N–H and O–H groups in total. The van der Waals surface area contributed by atoms with Crippen LogP contribution in [0.3, 0.4) is 0 Å². The molecule has 2 aliphatic rings. The molecule has 8 heteroatoms. The number of likely N-dealkylation sites (tertiary alicyclic amines) is 1. The molecule has 0 spiro atoms. The van der Waals surface area contributed by atoms with Crippen molar-refractivity contribution in [1.29, 1.82) is 0 Å². The van der Waals surface area contributed by atoms with Crippen molar-refractivity contribution in [2.75, 3.05) is 6.54 Å². The minimum atomic E-state index is -3.00. The summed E-state index contributed by atoms with van der Waals surface area (Å²) in [6.07, 6.45) is 0.967. The number of hydrogen-bond donors (Lipinski definition) is 1. The SMILES string of the molecule is CC1(C)Oc2ccc(S(=O)C(F)F)cc2C(N2CCCCC2=O)C1O. The van der Waals surface area contributed by atoms with Crippen molar-refractivity contribution in [2.45, 2.75) is 61.5 Å². The molecule has 3 atom stereocenters. The molecule has 1 aromatic carbocycles. The van der Waals surface area contributed by atoms with E-state index in [2.05, 4.69) is 0 Å². The monoisotopic (exact) mass is 373 g/mol. The van der Waals surface area contributed by atoms with Crippen LogP contribution in [0.15, 0.2) is 23.1 Å². The second-order valence-corrected chi connectivity index (χ2v) is 8.32. The van der Waals surface area contributed by atoms with Crippen molar-refractivity contribution in [3.8, 4) is 5.75 Å². The first-order valence-corrected chi connectivity index (χ1v) is 9.43. The highest BCUT2D eigenvalue weighted by Gasteiger charge is 2.47. The summed E-state index contributed by atoms with van der Waals surface area (Å²) < 4.78 is 43.2. The number of ether oxygens (including phenoxy) is 1. The molecule has 1 aromatic rings. The molecule has 2 aliphatic heterocycles. The number of rotatable bonds is 3. The Morgan fingerprint density at radius 3 is 2.72 bits per heavy atom. The lowest BCUT2D eigenvalue weighted by atomic mass is 9.84. The fraction of sp³-hybridized carbons (Fsp3) is 0.588. The van der Waals surface area contributed by atoms with E-state index in [1.807, 2.05) is 0 Å². The van der Waals surface area contributed by atoms with E-state index in [9.17, 15) is 22.9 Å². The van der Waals surface area contributed by atoms with Gasteiger partial charge in [0.05, 0.1) is 6.04 Å². The number of hydrogen-bond acceptors (Lipinski definition) is 4. The smallest absolute Gasteiger partial charge is 0.316 e. The highest BCUT2D eigenvalue weighted by atomic mass is 32.2. The van der Waals surface area contributed by atoms with Crippen molar-refractivity contribution in [3.63, 3.8) is 0 Å². The number of aliphatic hydroxyl groups excluding tert-OH is 1. The lowest BCUT2D eigenvalue weighted by molar-refractivity contribution is -0.147. The molecule has 0 bridgehead atoms. The third-order valence-electron chi connectivity index (χ3n) is 4.77. The van der Waals surface area contributed by atoms with Crippen molar-refractivity contribution in [2.24, 2.45) is 0 Å². The quantitative estimate of drug-likeness (QED) is 0.884. The zero-order chi connectivity index (χ0) is 18.4. The Balaban J connectivity index is 2.09. The average molecular weight is 373 g/mol. The summed E-state index contributed by atoms with van der Waals surface area (Å²) in [5.41, 5.74) is -0.521. The molecule has 1 fully saturated rings. The number of aliphatic hydroxyl groups is 1. The van der Waals surface area contributed by atoms with Gasteiger partial charge in [-0.3, -0.25) is 4.79 Å². The highest BCUT2D eigenvalue weighted by Crippen LogP contribution is 2.44. The lowest BCUT2D eigenvalue weighted by Gasteiger charge is -2.47. The van der Waals surface area contributed by atoms with Gasteiger partial charge in [0.25, 0.3) is 0 Å². The van der Waals surface area contributed by atoms with Crippen LogP contribution in [0, 0.1) is 0 Å². The molecule has 138 valence electrons. The molecular weight excluding hydrogens is 352 g/mol. The second kappa shape index (κ2) is 6.64. The Kier molecular flexibility index (Phi) is 4.85. The van der Waals surface area contributed by atoms with E-state index < -0.39 is 34.3 Å². The van der Waals surface area contributed by atoms with E-state index in [0.29, 0.717) is 24.3 Å². The summed E-state index contributed by atoms with van der Waals surface area (Å²) >= 11 is 0. The van der Waals surface area contributed by atoms with Gasteiger partial charge in [0, 0.05) is 23.4 Å². The maximum atomic E-state index is 12.8. The number of benzene rings is 1. The normalized spacial score (nSPS) is 27.0. The minimum Gasteiger partial charge on any atom is -0.485 e. The van der Waals surface area contributed by atoms with Crippen molar-refractivity contribution >= 4 is 16.7 Å². The number of piperidine rings is 1. The molecule has 1 amide bonds. The molecule has 3 rings (SSSR count). The zero-order valence-corrected chi connectivity index (χ0v) is 14.9. The fourth-order valence-corrected chi connectivity index (χ4v) is 4.08. The molecule has 2 heterocycles. The van der Waals surface area contributed by atoms with Gasteiger partial charge in [0.15, 0.2) is 0 Å². The van der Waals surface area contributed by atoms with Crippen LogP contribution in [-0.4, -0.2) is 44.1 Å². The molecule has 0 aliphatic carbocycles. The standard InChI is InChI=1S/C17H21F2NO4S/c1-17(2)15(22)14(20-8-4-3-5-13(20)21)11-9-10(25(23)16(18)19)6-7-12(11)24-17/h6-7,9,14-16,22H,3-5,8H2,1-2H3. The van der Waals surface area contributed by atoms with Crippen molar-refractivity contribution in [3.05, 3.63) is 23.8 Å². The highest BCUT2D eigenvalue weighted by molar-refractivity contribution is 7.85. The Labute approximate surface area is 147 Å². The van der Waals surface area contributed by atoms with Crippen LogP contribution in [0.1, 0.15) is 44.7 Å². The first kappa shape index (κ1) is 18.3. The van der Waals surface area contributed by atoms with Gasteiger partial charge in [-0.25, -0.2) is 4.21 Å². The molecule has 0 aromatic heterocycles. The van der Waals surface area contributed by atoms with Crippen LogP contribution in [0.25, 0.3) is 0 Å². The van der Waals surface area contributed by atoms with E-state index in [1.54, 1.807) is 18.7 Å². The first-order chi connectivity index (χ1) is 11.7. The predicted octanol–water partition coefficient (Wildman–Crippen LogP) is 2.60. The summed E-state index contributed by atoms with van der Waals surface area (Å²) in [5.74, 6) is -2.67. The number of halogens is 2. The van der Waals surface area contributed by atoms with Crippen LogP contribution >= 0.6 is 0 Å². The van der Waals surface area contributed by atoms with Crippen molar-refractivity contribution < 1.29 is 27.6 Å². The lowest BCUT2D eigenvalue weighted by Crippen LogP contribution is -2.55. The van der Waals surface area contributed by atoms with E-state index in [1.165, 1.54) is 18.2 Å². The van der Waals surface area contributed by atoms with E-state index in [-0.39, 0.29) is 10.8 Å². The second-order valence-electron chi connectivity index (χ2n) is 6.90. The molecular formula is C17H21F2NO4S. The van der Waals surface area contributed by atoms with Gasteiger partial charge in [-0.05, 0) is 44.9 Å². The van der Waals surface area contributed by atoms with Gasteiger partial charge in [0.1, 0.15) is 28.3 Å². The third kappa shape index (κ3) is 3.29. The summed E-state index contributed by atoms with van der Waals surface area (Å²) in [6, 6.07) is 3.48. The van der Waals surface area contributed by atoms with Crippen LogP contribution in [0.4, 0.5) is 8.78 Å². The maximum Gasteiger partial charge on any atom is 0.316 e. The topological polar surface area (TPSA) is 66.8 Å².